The molecule has 4 heteroatoms. The topological polar surface area (TPSA) is 55.7 Å². The van der Waals surface area contributed by atoms with Gasteiger partial charge in [-0.1, -0.05) is 12.1 Å². The van der Waals surface area contributed by atoms with Crippen LogP contribution in [0.3, 0.4) is 0 Å². The van der Waals surface area contributed by atoms with Crippen LogP contribution in [0.1, 0.15) is 18.1 Å². The highest BCUT2D eigenvalue weighted by atomic mass is 16.3. The van der Waals surface area contributed by atoms with Crippen molar-refractivity contribution in [3.8, 4) is 5.75 Å². The van der Waals surface area contributed by atoms with Gasteiger partial charge in [-0.25, -0.2) is 0 Å². The molecule has 1 aromatic rings. The Labute approximate surface area is 94.5 Å². The molecule has 0 saturated carbocycles. The normalized spacial score (nSPS) is 32.4. The Morgan fingerprint density at radius 2 is 2.31 bits per heavy atom. The van der Waals surface area contributed by atoms with Crippen LogP contribution in [0.4, 0.5) is 5.69 Å². The summed E-state index contributed by atoms with van der Waals surface area (Å²) in [6, 6.07) is 5.35. The van der Waals surface area contributed by atoms with E-state index < -0.39 is 6.10 Å². The second-order valence-electron chi connectivity index (χ2n) is 4.71. The van der Waals surface area contributed by atoms with Gasteiger partial charge in [0, 0.05) is 19.2 Å². The minimum Gasteiger partial charge on any atom is -0.506 e. The summed E-state index contributed by atoms with van der Waals surface area (Å²) in [5, 5.41) is 23.6. The molecular formula is C12H16N2O2. The minimum atomic E-state index is -0.519. The third kappa shape index (κ3) is 1.01. The van der Waals surface area contributed by atoms with Crippen molar-refractivity contribution < 1.29 is 10.2 Å². The van der Waals surface area contributed by atoms with Crippen molar-refractivity contribution in [2.24, 2.45) is 0 Å². The predicted octanol–water partition coefficient (Wildman–Crippen LogP) is 0.607. The Kier molecular flexibility index (Phi) is 1.94. The minimum absolute atomic E-state index is 0.253. The summed E-state index contributed by atoms with van der Waals surface area (Å²) in [6.07, 6.45) is 0.383. The summed E-state index contributed by atoms with van der Waals surface area (Å²) >= 11 is 0. The van der Waals surface area contributed by atoms with Gasteiger partial charge in [-0.15, -0.1) is 0 Å². The van der Waals surface area contributed by atoms with E-state index in [2.05, 4.69) is 5.32 Å². The third-order valence-corrected chi connectivity index (χ3v) is 4.02. The molecule has 2 aliphatic heterocycles. The van der Waals surface area contributed by atoms with E-state index >= 15 is 0 Å². The molecule has 2 heterocycles. The monoisotopic (exact) mass is 220 g/mol. The van der Waals surface area contributed by atoms with Gasteiger partial charge < -0.3 is 20.4 Å². The first-order chi connectivity index (χ1) is 7.67. The second-order valence-corrected chi connectivity index (χ2v) is 4.71. The Balaban J connectivity index is 2.16. The highest BCUT2D eigenvalue weighted by Crippen LogP contribution is 2.51. The van der Waals surface area contributed by atoms with E-state index in [1.54, 1.807) is 12.1 Å². The van der Waals surface area contributed by atoms with Crippen molar-refractivity contribution in [2.45, 2.75) is 18.1 Å². The molecule has 1 fully saturated rings. The van der Waals surface area contributed by atoms with Crippen molar-refractivity contribution in [3.63, 3.8) is 0 Å². The maximum absolute atomic E-state index is 10.4. The number of hydrogen-bond acceptors (Lipinski definition) is 4. The van der Waals surface area contributed by atoms with E-state index in [1.807, 2.05) is 18.0 Å². The summed E-state index contributed by atoms with van der Waals surface area (Å²) in [5.41, 5.74) is 1.34. The molecule has 0 aliphatic carbocycles. The van der Waals surface area contributed by atoms with Crippen LogP contribution in [-0.2, 0) is 0 Å². The van der Waals surface area contributed by atoms with Crippen LogP contribution in [0, 0.1) is 0 Å². The molecule has 2 aliphatic rings. The molecule has 16 heavy (non-hydrogen) atoms. The maximum Gasteiger partial charge on any atom is 0.139 e. The molecule has 0 amide bonds. The number of benzene rings is 1. The Morgan fingerprint density at radius 1 is 1.50 bits per heavy atom. The quantitative estimate of drug-likeness (QED) is 0.599. The highest BCUT2D eigenvalue weighted by Gasteiger charge is 2.51. The van der Waals surface area contributed by atoms with Crippen molar-refractivity contribution in [2.75, 3.05) is 25.0 Å². The molecule has 0 radical (unpaired) electrons. The smallest absolute Gasteiger partial charge is 0.139 e. The lowest BCUT2D eigenvalue weighted by molar-refractivity contribution is 0.105. The second kappa shape index (κ2) is 3.12. The number of rotatable bonds is 0. The van der Waals surface area contributed by atoms with Crippen molar-refractivity contribution in [3.05, 3.63) is 23.8 Å². The first-order valence-electron chi connectivity index (χ1n) is 5.61. The number of likely N-dealkylation sites (N-methyl/N-ethyl adjacent to an activating group) is 1. The van der Waals surface area contributed by atoms with Crippen molar-refractivity contribution >= 4 is 5.69 Å². The van der Waals surface area contributed by atoms with E-state index in [9.17, 15) is 10.2 Å². The summed E-state index contributed by atoms with van der Waals surface area (Å²) < 4.78 is 0. The molecule has 3 N–H and O–H groups in total. The largest absolute Gasteiger partial charge is 0.506 e. The molecular weight excluding hydrogens is 204 g/mol. The number of nitrogens with zero attached hydrogens (tertiary/aromatic N) is 1. The zero-order chi connectivity index (χ0) is 11.3. The fraction of sp³-hybridized carbons (Fsp3) is 0.500. The van der Waals surface area contributed by atoms with Gasteiger partial charge in [0.15, 0.2) is 0 Å². The summed E-state index contributed by atoms with van der Waals surface area (Å²) in [5.74, 6) is 0.253. The number of nitrogens with one attached hydrogen (secondary N) is 1. The van der Waals surface area contributed by atoms with Gasteiger partial charge >= 0.3 is 0 Å². The zero-order valence-electron chi connectivity index (χ0n) is 9.27. The molecule has 86 valence electrons. The SMILES string of the molecule is CN1c2c(O)cccc2C(O)C12CCNC2. The first kappa shape index (κ1) is 9.93. The van der Waals surface area contributed by atoms with Crippen molar-refractivity contribution in [1.29, 1.82) is 0 Å². The number of anilines is 1. The van der Waals surface area contributed by atoms with Gasteiger partial charge in [-0.3, -0.25) is 0 Å². The molecule has 1 spiro atoms. The number of phenols is 1. The molecule has 0 bridgehead atoms. The highest BCUT2D eigenvalue weighted by molar-refractivity contribution is 5.70. The van der Waals surface area contributed by atoms with Crippen molar-refractivity contribution in [1.82, 2.24) is 5.32 Å². The Morgan fingerprint density at radius 3 is 2.94 bits per heavy atom. The molecule has 1 saturated heterocycles. The van der Waals surface area contributed by atoms with Crippen LogP contribution in [0.25, 0.3) is 0 Å². The summed E-state index contributed by atoms with van der Waals surface area (Å²) in [7, 11) is 1.95. The van der Waals surface area contributed by atoms with Crippen LogP contribution in [0.2, 0.25) is 0 Å². The van der Waals surface area contributed by atoms with Crippen LogP contribution in [0.5, 0.6) is 5.75 Å². The van der Waals surface area contributed by atoms with E-state index in [0.717, 1.165) is 30.8 Å². The van der Waals surface area contributed by atoms with E-state index in [1.165, 1.54) is 0 Å². The molecule has 3 rings (SSSR count). The lowest BCUT2D eigenvalue weighted by Gasteiger charge is -2.35. The van der Waals surface area contributed by atoms with Gasteiger partial charge in [0.25, 0.3) is 0 Å². The van der Waals surface area contributed by atoms with Gasteiger partial charge in [-0.05, 0) is 19.0 Å². The van der Waals surface area contributed by atoms with E-state index in [-0.39, 0.29) is 11.3 Å². The number of aromatic hydroxyl groups is 1. The number of fused-ring (bicyclic) bond motifs is 1. The number of aliphatic hydroxyl groups excluding tert-OH is 1. The Hall–Kier alpha value is -1.26. The molecule has 0 aromatic heterocycles. The number of para-hydroxylation sites is 1. The Bertz CT molecular complexity index is 427. The van der Waals surface area contributed by atoms with Gasteiger partial charge in [0.2, 0.25) is 0 Å². The molecule has 2 unspecified atom stereocenters. The maximum atomic E-state index is 10.4. The first-order valence-corrected chi connectivity index (χ1v) is 5.61. The van der Waals surface area contributed by atoms with Gasteiger partial charge in [-0.2, -0.15) is 0 Å². The van der Waals surface area contributed by atoms with Gasteiger partial charge in [0.1, 0.15) is 11.9 Å². The number of aliphatic hydroxyl groups is 1. The zero-order valence-corrected chi connectivity index (χ0v) is 9.27. The summed E-state index contributed by atoms with van der Waals surface area (Å²) in [6.45, 7) is 1.68. The van der Waals surface area contributed by atoms with E-state index in [0.29, 0.717) is 0 Å². The predicted molar refractivity (Wildman–Crippen MR) is 61.7 cm³/mol. The fourth-order valence-electron chi connectivity index (χ4n) is 3.05. The third-order valence-electron chi connectivity index (χ3n) is 4.02. The fourth-order valence-corrected chi connectivity index (χ4v) is 3.05. The standard InChI is InChI=1S/C12H16N2O2/c1-14-10-8(3-2-4-9(10)15)11(16)12(14)5-6-13-7-12/h2-4,11,13,15-16H,5-7H2,1H3. The molecule has 2 atom stereocenters. The number of hydrogen-bond donors (Lipinski definition) is 3. The van der Waals surface area contributed by atoms with Crippen LogP contribution >= 0.6 is 0 Å². The average Bonchev–Trinajstić information content (AvgIpc) is 2.83. The average molecular weight is 220 g/mol. The lowest BCUT2D eigenvalue weighted by Crippen LogP contribution is -2.48. The molecule has 1 aromatic carbocycles. The molecule has 4 nitrogen and oxygen atoms in total. The summed E-state index contributed by atoms with van der Waals surface area (Å²) in [4.78, 5) is 2.03. The lowest BCUT2D eigenvalue weighted by atomic mass is 9.90. The van der Waals surface area contributed by atoms with Gasteiger partial charge in [0.05, 0.1) is 11.2 Å². The number of phenolic OH excluding ortho intramolecular Hbond substituents is 1. The van der Waals surface area contributed by atoms with E-state index in [4.69, 9.17) is 0 Å². The van der Waals surface area contributed by atoms with Crippen LogP contribution < -0.4 is 10.2 Å². The van der Waals surface area contributed by atoms with Crippen LogP contribution in [0.15, 0.2) is 18.2 Å². The van der Waals surface area contributed by atoms with Crippen LogP contribution in [-0.4, -0.2) is 35.9 Å².